The lowest BCUT2D eigenvalue weighted by Gasteiger charge is -2.09. The van der Waals surface area contributed by atoms with Crippen molar-refractivity contribution < 1.29 is 5.11 Å². The number of aliphatic hydroxyl groups excluding tert-OH is 1. The average molecular weight is 226 g/mol. The molecule has 4 N–H and O–H groups in total. The molecule has 80 valence electrons. The zero-order valence-corrected chi connectivity index (χ0v) is 8.88. The van der Waals surface area contributed by atoms with Gasteiger partial charge in [0.2, 0.25) is 0 Å². The number of nitrogens with zero attached hydrogens (tertiary/aromatic N) is 1. The van der Waals surface area contributed by atoms with Crippen LogP contribution in [0.4, 0.5) is 11.4 Å². The first-order chi connectivity index (χ1) is 7.19. The summed E-state index contributed by atoms with van der Waals surface area (Å²) in [6.45, 7) is 0.697. The van der Waals surface area contributed by atoms with Crippen molar-refractivity contribution in [3.05, 3.63) is 22.7 Å². The number of nitrogen functional groups attached to an aromatic ring is 1. The van der Waals surface area contributed by atoms with Crippen LogP contribution in [0.1, 0.15) is 12.0 Å². The molecule has 1 rings (SSSR count). The number of benzene rings is 1. The van der Waals surface area contributed by atoms with E-state index in [1.165, 1.54) is 6.07 Å². The van der Waals surface area contributed by atoms with Crippen molar-refractivity contribution in [2.24, 2.45) is 0 Å². The van der Waals surface area contributed by atoms with E-state index in [0.717, 1.165) is 0 Å². The Morgan fingerprint density at radius 3 is 2.87 bits per heavy atom. The van der Waals surface area contributed by atoms with Crippen LogP contribution in [0.2, 0.25) is 5.02 Å². The highest BCUT2D eigenvalue weighted by Crippen LogP contribution is 2.29. The number of nitrogens with two attached hydrogens (primary N) is 1. The van der Waals surface area contributed by atoms with Crippen LogP contribution in [0.3, 0.4) is 0 Å². The minimum absolute atomic E-state index is 0.109. The molecule has 0 unspecified atom stereocenters. The average Bonchev–Trinajstić information content (AvgIpc) is 2.24. The molecule has 0 aliphatic rings. The van der Waals surface area contributed by atoms with E-state index in [2.05, 4.69) is 5.32 Å². The van der Waals surface area contributed by atoms with Crippen molar-refractivity contribution in [1.29, 1.82) is 5.26 Å². The highest BCUT2D eigenvalue weighted by molar-refractivity contribution is 6.35. The lowest BCUT2D eigenvalue weighted by molar-refractivity contribution is 0.292. The van der Waals surface area contributed by atoms with Gasteiger partial charge in [0.15, 0.2) is 0 Å². The Balaban J connectivity index is 2.86. The smallest absolute Gasteiger partial charge is 0.0993 e. The highest BCUT2D eigenvalue weighted by Gasteiger charge is 2.05. The van der Waals surface area contributed by atoms with Crippen LogP contribution in [-0.4, -0.2) is 18.3 Å². The molecule has 0 aromatic heterocycles. The van der Waals surface area contributed by atoms with Crippen LogP contribution < -0.4 is 11.1 Å². The quantitative estimate of drug-likeness (QED) is 0.537. The zero-order chi connectivity index (χ0) is 11.3. The molecule has 1 aromatic rings. The third-order valence-corrected chi connectivity index (χ3v) is 2.30. The van der Waals surface area contributed by atoms with E-state index in [9.17, 15) is 0 Å². The van der Waals surface area contributed by atoms with Crippen molar-refractivity contribution in [2.75, 3.05) is 24.2 Å². The molecule has 0 saturated carbocycles. The second-order valence-corrected chi connectivity index (χ2v) is 3.42. The molecule has 0 radical (unpaired) electrons. The number of nitrogens with one attached hydrogen (secondary N) is 1. The molecule has 0 saturated heterocycles. The van der Waals surface area contributed by atoms with Crippen LogP contribution >= 0.6 is 11.6 Å². The third kappa shape index (κ3) is 3.01. The number of hydrogen-bond acceptors (Lipinski definition) is 4. The molecular weight excluding hydrogens is 214 g/mol. The molecule has 4 nitrogen and oxygen atoms in total. The van der Waals surface area contributed by atoms with E-state index in [1.807, 2.05) is 6.07 Å². The third-order valence-electron chi connectivity index (χ3n) is 1.88. The minimum Gasteiger partial charge on any atom is -0.397 e. The standard InChI is InChI=1S/C10H12ClN3O/c11-10-8(13)4-7(6-12)5-9(10)14-2-1-3-15/h4-5,14-15H,1-3,13H2. The van der Waals surface area contributed by atoms with Crippen LogP contribution in [0.5, 0.6) is 0 Å². The van der Waals surface area contributed by atoms with Gasteiger partial charge < -0.3 is 16.2 Å². The molecule has 0 atom stereocenters. The van der Waals surface area contributed by atoms with E-state index in [0.29, 0.717) is 34.9 Å². The molecular formula is C10H12ClN3O. The van der Waals surface area contributed by atoms with Crippen molar-refractivity contribution in [3.8, 4) is 6.07 Å². The van der Waals surface area contributed by atoms with Gasteiger partial charge in [0.1, 0.15) is 0 Å². The summed E-state index contributed by atoms with van der Waals surface area (Å²) in [6, 6.07) is 5.16. The highest BCUT2D eigenvalue weighted by atomic mass is 35.5. The first-order valence-corrected chi connectivity index (χ1v) is 4.90. The maximum atomic E-state index is 8.73. The fourth-order valence-electron chi connectivity index (χ4n) is 1.14. The fourth-order valence-corrected chi connectivity index (χ4v) is 1.32. The molecule has 1 aromatic carbocycles. The predicted octanol–water partition coefficient (Wildman–Crippen LogP) is 1.59. The Bertz CT molecular complexity index is 387. The molecule has 0 spiro atoms. The van der Waals surface area contributed by atoms with Gasteiger partial charge in [0.25, 0.3) is 0 Å². The van der Waals surface area contributed by atoms with E-state index >= 15 is 0 Å². The maximum Gasteiger partial charge on any atom is 0.0993 e. The number of halogens is 1. The van der Waals surface area contributed by atoms with Crippen molar-refractivity contribution in [1.82, 2.24) is 0 Å². The van der Waals surface area contributed by atoms with Gasteiger partial charge in [-0.05, 0) is 18.6 Å². The molecule has 5 heteroatoms. The molecule has 0 aliphatic heterocycles. The summed E-state index contributed by atoms with van der Waals surface area (Å²) in [5.41, 5.74) is 7.09. The van der Waals surface area contributed by atoms with Gasteiger partial charge in [-0.1, -0.05) is 11.6 Å². The summed E-state index contributed by atoms with van der Waals surface area (Å²) in [6.07, 6.45) is 0.618. The van der Waals surface area contributed by atoms with Gasteiger partial charge >= 0.3 is 0 Å². The van der Waals surface area contributed by atoms with Crippen LogP contribution in [0, 0.1) is 11.3 Å². The number of anilines is 2. The minimum atomic E-state index is 0.109. The number of hydrogen-bond donors (Lipinski definition) is 3. The van der Waals surface area contributed by atoms with Gasteiger partial charge in [0, 0.05) is 13.2 Å². The Morgan fingerprint density at radius 2 is 2.27 bits per heavy atom. The van der Waals surface area contributed by atoms with Crippen LogP contribution in [0.25, 0.3) is 0 Å². The summed E-state index contributed by atoms with van der Waals surface area (Å²) in [4.78, 5) is 0. The Hall–Kier alpha value is -1.44. The second-order valence-electron chi connectivity index (χ2n) is 3.04. The van der Waals surface area contributed by atoms with Gasteiger partial charge in [-0.15, -0.1) is 0 Å². The SMILES string of the molecule is N#Cc1cc(N)c(Cl)c(NCCCO)c1. The van der Waals surface area contributed by atoms with E-state index < -0.39 is 0 Å². The summed E-state index contributed by atoms with van der Waals surface area (Å²) < 4.78 is 0. The molecule has 15 heavy (non-hydrogen) atoms. The zero-order valence-electron chi connectivity index (χ0n) is 8.13. The van der Waals surface area contributed by atoms with Gasteiger partial charge in [0.05, 0.1) is 28.0 Å². The van der Waals surface area contributed by atoms with Gasteiger partial charge in [-0.25, -0.2) is 0 Å². The molecule has 0 fully saturated rings. The van der Waals surface area contributed by atoms with Gasteiger partial charge in [-0.3, -0.25) is 0 Å². The topological polar surface area (TPSA) is 82.1 Å². The van der Waals surface area contributed by atoms with E-state index in [-0.39, 0.29) is 6.61 Å². The monoisotopic (exact) mass is 225 g/mol. The predicted molar refractivity (Wildman–Crippen MR) is 60.8 cm³/mol. The van der Waals surface area contributed by atoms with Gasteiger partial charge in [-0.2, -0.15) is 5.26 Å². The van der Waals surface area contributed by atoms with Crippen LogP contribution in [0.15, 0.2) is 12.1 Å². The second kappa shape index (κ2) is 5.44. The summed E-state index contributed by atoms with van der Waals surface area (Å²) in [5.74, 6) is 0. The number of aliphatic hydroxyl groups is 1. The number of nitriles is 1. The lowest BCUT2D eigenvalue weighted by Crippen LogP contribution is -2.05. The summed E-state index contributed by atoms with van der Waals surface area (Å²) >= 11 is 5.94. The van der Waals surface area contributed by atoms with E-state index in [1.54, 1.807) is 6.07 Å². The van der Waals surface area contributed by atoms with Crippen LogP contribution in [-0.2, 0) is 0 Å². The van der Waals surface area contributed by atoms with Crippen molar-refractivity contribution >= 4 is 23.0 Å². The molecule has 0 bridgehead atoms. The Kier molecular flexibility index (Phi) is 4.22. The van der Waals surface area contributed by atoms with Crippen molar-refractivity contribution in [3.63, 3.8) is 0 Å². The largest absolute Gasteiger partial charge is 0.397 e. The van der Waals surface area contributed by atoms with E-state index in [4.69, 9.17) is 27.7 Å². The number of rotatable bonds is 4. The summed E-state index contributed by atoms with van der Waals surface area (Å²) in [5, 5.41) is 20.8. The van der Waals surface area contributed by atoms with Crippen molar-refractivity contribution in [2.45, 2.75) is 6.42 Å². The molecule has 0 aliphatic carbocycles. The normalized spacial score (nSPS) is 9.67. The molecule has 0 heterocycles. The lowest BCUT2D eigenvalue weighted by atomic mass is 10.2. The maximum absolute atomic E-state index is 8.73. The molecule has 0 amide bonds. The Morgan fingerprint density at radius 1 is 1.53 bits per heavy atom. The first-order valence-electron chi connectivity index (χ1n) is 4.53. The fraction of sp³-hybridized carbons (Fsp3) is 0.300. The summed E-state index contributed by atoms with van der Waals surface area (Å²) in [7, 11) is 0. The Labute approximate surface area is 93.3 Å². The first kappa shape index (κ1) is 11.6.